The molecule has 2 aromatic heterocycles. The van der Waals surface area contributed by atoms with Gasteiger partial charge in [-0.1, -0.05) is 0 Å². The van der Waals surface area contributed by atoms with Crippen LogP contribution >= 0.6 is 30.3 Å². The lowest BCUT2D eigenvalue weighted by Gasteiger charge is -2.09. The van der Waals surface area contributed by atoms with E-state index in [1.807, 2.05) is 21.2 Å². The highest BCUT2D eigenvalue weighted by atomic mass is 127. The van der Waals surface area contributed by atoms with Gasteiger partial charge in [-0.3, -0.25) is 3.97 Å². The number of hydrogen-bond donors (Lipinski definition) is 0. The van der Waals surface area contributed by atoms with Crippen molar-refractivity contribution >= 4 is 41.2 Å². The molecule has 0 spiro atoms. The van der Waals surface area contributed by atoms with Gasteiger partial charge in [-0.05, 0) is 24.3 Å². The van der Waals surface area contributed by atoms with Crippen LogP contribution in [0.1, 0.15) is 29.9 Å². The summed E-state index contributed by atoms with van der Waals surface area (Å²) in [7, 11) is 2.59. The number of alkyl halides is 3. The number of nitrogens with zero attached hydrogens (tertiary/aromatic N) is 2. The average Bonchev–Trinajstić information content (AvgIpc) is 3.15. The first-order chi connectivity index (χ1) is 9.47. The number of methoxy groups -OCH3 is 1. The van der Waals surface area contributed by atoms with E-state index in [9.17, 15) is 13.2 Å². The second kappa shape index (κ2) is 4.97. The number of halogens is 4. The lowest BCUT2D eigenvalue weighted by molar-refractivity contribution is -0.136. The molecule has 3 rings (SSSR count). The van der Waals surface area contributed by atoms with E-state index < -0.39 is 11.7 Å². The van der Waals surface area contributed by atoms with Crippen LogP contribution in [0.4, 0.5) is 13.2 Å². The number of rotatable bonds is 3. The SMILES string of the molecule is COc1ncc(C2CC2)c2c(C(F)(F)F)cn(SI)c12. The second-order valence-electron chi connectivity index (χ2n) is 4.66. The maximum atomic E-state index is 13.3. The van der Waals surface area contributed by atoms with E-state index >= 15 is 0 Å². The van der Waals surface area contributed by atoms with E-state index in [1.54, 1.807) is 0 Å². The van der Waals surface area contributed by atoms with E-state index in [2.05, 4.69) is 4.98 Å². The zero-order chi connectivity index (χ0) is 14.5. The second-order valence-corrected chi connectivity index (χ2v) is 6.37. The van der Waals surface area contributed by atoms with Crippen LogP contribution in [0.25, 0.3) is 10.9 Å². The standard InChI is InChI=1S/C12H10F3IN2OS/c1-19-11-10-9(7(4-17-11)6-2-3-6)8(12(13,14)15)5-18(10)20-16/h4-6H,2-3H2,1H3. The van der Waals surface area contributed by atoms with Gasteiger partial charge >= 0.3 is 6.18 Å². The van der Waals surface area contributed by atoms with Crippen molar-refractivity contribution < 1.29 is 17.9 Å². The minimum atomic E-state index is -4.38. The maximum absolute atomic E-state index is 13.3. The molecule has 0 aliphatic heterocycles. The monoisotopic (exact) mass is 414 g/mol. The van der Waals surface area contributed by atoms with Crippen LogP contribution in [-0.2, 0) is 6.18 Å². The Morgan fingerprint density at radius 3 is 2.65 bits per heavy atom. The Balaban J connectivity index is 2.39. The summed E-state index contributed by atoms with van der Waals surface area (Å²) < 4.78 is 46.4. The van der Waals surface area contributed by atoms with Crippen molar-refractivity contribution in [3.63, 3.8) is 0 Å². The highest BCUT2D eigenvalue weighted by Crippen LogP contribution is 2.49. The van der Waals surface area contributed by atoms with Gasteiger partial charge in [0, 0.05) is 48.1 Å². The van der Waals surface area contributed by atoms with Crippen LogP contribution in [0.5, 0.6) is 5.88 Å². The highest BCUT2D eigenvalue weighted by molar-refractivity contribution is 14.2. The van der Waals surface area contributed by atoms with Crippen LogP contribution < -0.4 is 4.74 Å². The summed E-state index contributed by atoms with van der Waals surface area (Å²) in [5, 5.41) is 0.232. The van der Waals surface area contributed by atoms with Gasteiger partial charge in [0.2, 0.25) is 5.88 Å². The van der Waals surface area contributed by atoms with Crippen LogP contribution in [0.15, 0.2) is 12.4 Å². The van der Waals surface area contributed by atoms with Crippen LogP contribution in [0.3, 0.4) is 0 Å². The molecule has 1 fully saturated rings. The Morgan fingerprint density at radius 2 is 2.15 bits per heavy atom. The normalized spacial score (nSPS) is 15.8. The van der Waals surface area contributed by atoms with E-state index in [1.165, 1.54) is 26.4 Å². The van der Waals surface area contributed by atoms with E-state index in [-0.39, 0.29) is 17.2 Å². The summed E-state index contributed by atoms with van der Waals surface area (Å²) in [5.74, 6) is 0.413. The first-order valence-corrected chi connectivity index (χ1v) is 9.23. The number of fused-ring (bicyclic) bond motifs is 1. The maximum Gasteiger partial charge on any atom is 0.418 e. The Morgan fingerprint density at radius 1 is 1.45 bits per heavy atom. The molecule has 0 amide bonds. The minimum absolute atomic E-state index is 0.187. The van der Waals surface area contributed by atoms with Gasteiger partial charge in [-0.15, -0.1) is 0 Å². The molecule has 108 valence electrons. The summed E-state index contributed by atoms with van der Waals surface area (Å²) >= 11 is 1.95. The largest absolute Gasteiger partial charge is 0.479 e. The number of pyridine rings is 1. The highest BCUT2D eigenvalue weighted by Gasteiger charge is 2.39. The molecule has 1 aliphatic carbocycles. The molecule has 8 heteroatoms. The summed E-state index contributed by atoms with van der Waals surface area (Å²) in [6, 6.07) is 0. The Hall–Kier alpha value is -0.640. The summed E-state index contributed by atoms with van der Waals surface area (Å²) in [4.78, 5) is 4.16. The van der Waals surface area contributed by atoms with E-state index in [4.69, 9.17) is 4.74 Å². The smallest absolute Gasteiger partial charge is 0.418 e. The lowest BCUT2D eigenvalue weighted by Crippen LogP contribution is -2.05. The molecule has 1 aliphatic rings. The number of hydrogen-bond acceptors (Lipinski definition) is 3. The molecule has 3 nitrogen and oxygen atoms in total. The third-order valence-electron chi connectivity index (χ3n) is 3.38. The zero-order valence-electron chi connectivity index (χ0n) is 10.4. The van der Waals surface area contributed by atoms with Gasteiger partial charge in [0.15, 0.2) is 0 Å². The molecule has 0 bridgehead atoms. The molecule has 0 atom stereocenters. The predicted octanol–water partition coefficient (Wildman–Crippen LogP) is 4.79. The Labute approximate surface area is 129 Å². The molecular formula is C12H10F3IN2OS. The van der Waals surface area contributed by atoms with Gasteiger partial charge in [-0.25, -0.2) is 4.98 Å². The predicted molar refractivity (Wildman–Crippen MR) is 80.3 cm³/mol. The summed E-state index contributed by atoms with van der Waals surface area (Å²) in [6.07, 6.45) is 0.103. The molecule has 2 aromatic rings. The Kier molecular flexibility index (Phi) is 3.56. The van der Waals surface area contributed by atoms with Crippen molar-refractivity contribution in [3.8, 4) is 5.88 Å². The zero-order valence-corrected chi connectivity index (χ0v) is 13.3. The fourth-order valence-corrected chi connectivity index (χ4v) is 3.67. The third kappa shape index (κ3) is 2.26. The van der Waals surface area contributed by atoms with Crippen molar-refractivity contribution in [2.24, 2.45) is 0 Å². The van der Waals surface area contributed by atoms with Gasteiger partial charge in [0.1, 0.15) is 5.52 Å². The molecular weight excluding hydrogens is 404 g/mol. The summed E-state index contributed by atoms with van der Waals surface area (Å²) in [5.41, 5.74) is 0.472. The van der Waals surface area contributed by atoms with Gasteiger partial charge in [-0.2, -0.15) is 13.2 Å². The first kappa shape index (κ1) is 14.3. The third-order valence-corrected chi connectivity index (χ3v) is 5.09. The lowest BCUT2D eigenvalue weighted by atomic mass is 10.0. The topological polar surface area (TPSA) is 27.1 Å². The van der Waals surface area contributed by atoms with Crippen molar-refractivity contribution in [1.29, 1.82) is 0 Å². The van der Waals surface area contributed by atoms with Crippen molar-refractivity contribution in [1.82, 2.24) is 8.96 Å². The molecule has 2 heterocycles. The van der Waals surface area contributed by atoms with Crippen LogP contribution in [-0.4, -0.2) is 16.1 Å². The number of aromatic nitrogens is 2. The molecule has 0 unspecified atom stereocenters. The Bertz CT molecular complexity index is 667. The van der Waals surface area contributed by atoms with Gasteiger partial charge < -0.3 is 4.74 Å². The quantitative estimate of drug-likeness (QED) is 0.677. The average molecular weight is 414 g/mol. The minimum Gasteiger partial charge on any atom is -0.479 e. The van der Waals surface area contributed by atoms with Gasteiger partial charge in [0.05, 0.1) is 12.7 Å². The number of ether oxygens (including phenoxy) is 1. The molecule has 0 aromatic carbocycles. The van der Waals surface area contributed by atoms with Crippen molar-refractivity contribution in [2.75, 3.05) is 7.11 Å². The van der Waals surface area contributed by atoms with Crippen molar-refractivity contribution in [2.45, 2.75) is 24.9 Å². The molecule has 0 radical (unpaired) electrons. The summed E-state index contributed by atoms with van der Waals surface area (Å²) in [6.45, 7) is 0. The van der Waals surface area contributed by atoms with Crippen LogP contribution in [0, 0.1) is 0 Å². The fraction of sp³-hybridized carbons (Fsp3) is 0.417. The van der Waals surface area contributed by atoms with Crippen molar-refractivity contribution in [3.05, 3.63) is 23.5 Å². The van der Waals surface area contributed by atoms with E-state index in [0.29, 0.717) is 11.1 Å². The molecule has 20 heavy (non-hydrogen) atoms. The first-order valence-electron chi connectivity index (χ1n) is 5.91. The van der Waals surface area contributed by atoms with E-state index in [0.717, 1.165) is 19.0 Å². The van der Waals surface area contributed by atoms with Gasteiger partial charge in [0.25, 0.3) is 0 Å². The molecule has 0 saturated heterocycles. The molecule has 1 saturated carbocycles. The molecule has 0 N–H and O–H groups in total. The fourth-order valence-electron chi connectivity index (χ4n) is 2.35. The van der Waals surface area contributed by atoms with Crippen LogP contribution in [0.2, 0.25) is 0 Å².